The molecule has 3 N–H and O–H groups in total. The number of aryl methyl sites for hydroxylation is 2. The van der Waals surface area contributed by atoms with E-state index in [4.69, 9.17) is 10.2 Å². The summed E-state index contributed by atoms with van der Waals surface area (Å²) < 4.78 is 0.554. The van der Waals surface area contributed by atoms with Crippen molar-refractivity contribution in [3.63, 3.8) is 0 Å². The zero-order valence-electron chi connectivity index (χ0n) is 10.5. The zero-order chi connectivity index (χ0) is 12.2. The van der Waals surface area contributed by atoms with E-state index in [-0.39, 0.29) is 13.2 Å². The number of rotatable bonds is 6. The average Bonchev–Trinajstić information content (AvgIpc) is 2.61. The van der Waals surface area contributed by atoms with Crippen LogP contribution in [0.15, 0.2) is 6.07 Å². The minimum atomic E-state index is 0.121. The van der Waals surface area contributed by atoms with E-state index < -0.39 is 0 Å². The topological polar surface area (TPSA) is 56.2 Å². The largest absolute Gasteiger partial charge is 0.390 e. The number of aliphatic hydroxyl groups is 2. The molecule has 1 aromatic rings. The van der Waals surface area contributed by atoms with Gasteiger partial charge in [0.25, 0.3) is 0 Å². The first-order chi connectivity index (χ1) is 7.57. The molecule has 0 aromatic carbocycles. The van der Waals surface area contributed by atoms with E-state index in [1.165, 1.54) is 11.3 Å². The van der Waals surface area contributed by atoms with Crippen LogP contribution in [-0.4, -0.2) is 48.5 Å². The number of H-pyrrole nitrogens is 1. The minimum Gasteiger partial charge on any atom is -0.390 e. The standard InChI is InChI=1S/C12H23N2O2/c1-4-11-9-10(2)12(13-11)14(3,5-7-15)6-8-16/h9,13,15-16H,4-8H2,1-3H3/q+1. The number of nitrogens with zero attached hydrogens (tertiary/aromatic N) is 1. The van der Waals surface area contributed by atoms with Gasteiger partial charge in [-0.1, -0.05) is 6.92 Å². The lowest BCUT2D eigenvalue weighted by atomic mass is 10.2. The Bertz CT molecular complexity index is 328. The summed E-state index contributed by atoms with van der Waals surface area (Å²) in [7, 11) is 2.03. The van der Waals surface area contributed by atoms with Crippen LogP contribution in [0.3, 0.4) is 0 Å². The summed E-state index contributed by atoms with van der Waals surface area (Å²) in [5.41, 5.74) is 2.40. The fourth-order valence-electron chi connectivity index (χ4n) is 2.14. The molecule has 0 spiro atoms. The van der Waals surface area contributed by atoms with Crippen molar-refractivity contribution >= 4 is 5.82 Å². The maximum atomic E-state index is 9.13. The molecule has 92 valence electrons. The van der Waals surface area contributed by atoms with Crippen LogP contribution < -0.4 is 4.48 Å². The van der Waals surface area contributed by atoms with Gasteiger partial charge in [0.15, 0.2) is 0 Å². The number of quaternary nitrogens is 1. The second-order valence-corrected chi connectivity index (χ2v) is 4.47. The molecular weight excluding hydrogens is 204 g/mol. The van der Waals surface area contributed by atoms with Crippen LogP contribution in [0.1, 0.15) is 18.2 Å². The van der Waals surface area contributed by atoms with Gasteiger partial charge in [0.05, 0.1) is 20.3 Å². The summed E-state index contributed by atoms with van der Waals surface area (Å²) in [5, 5.41) is 18.3. The van der Waals surface area contributed by atoms with Crippen molar-refractivity contribution in [2.24, 2.45) is 0 Å². The summed E-state index contributed by atoms with van der Waals surface area (Å²) >= 11 is 0. The van der Waals surface area contributed by atoms with Gasteiger partial charge in [-0.05, 0) is 19.4 Å². The van der Waals surface area contributed by atoms with Gasteiger partial charge in [0.1, 0.15) is 13.1 Å². The number of hydrogen-bond donors (Lipinski definition) is 3. The highest BCUT2D eigenvalue weighted by Gasteiger charge is 2.27. The Morgan fingerprint density at radius 3 is 2.19 bits per heavy atom. The third-order valence-electron chi connectivity index (χ3n) is 3.15. The van der Waals surface area contributed by atoms with Gasteiger partial charge < -0.3 is 15.2 Å². The molecule has 0 fully saturated rings. The molecule has 0 aliphatic carbocycles. The lowest BCUT2D eigenvalue weighted by Gasteiger charge is -2.32. The predicted molar refractivity (Wildman–Crippen MR) is 66.5 cm³/mol. The van der Waals surface area contributed by atoms with Crippen LogP contribution in [0.5, 0.6) is 0 Å². The van der Waals surface area contributed by atoms with Crippen molar-refractivity contribution in [3.05, 3.63) is 17.3 Å². The van der Waals surface area contributed by atoms with Gasteiger partial charge in [0, 0.05) is 11.3 Å². The molecular formula is C12H23N2O2+. The third kappa shape index (κ3) is 2.64. The lowest BCUT2D eigenvalue weighted by molar-refractivity contribution is 0.182. The smallest absolute Gasteiger partial charge is 0.208 e. The lowest BCUT2D eigenvalue weighted by Crippen LogP contribution is -2.50. The Morgan fingerprint density at radius 1 is 1.25 bits per heavy atom. The Morgan fingerprint density at radius 2 is 1.81 bits per heavy atom. The number of aliphatic hydroxyl groups excluding tert-OH is 2. The maximum absolute atomic E-state index is 9.13. The van der Waals surface area contributed by atoms with Crippen molar-refractivity contribution in [2.45, 2.75) is 20.3 Å². The predicted octanol–water partition coefficient (Wildman–Crippen LogP) is 0.807. The second-order valence-electron chi connectivity index (χ2n) is 4.47. The van der Waals surface area contributed by atoms with Gasteiger partial charge in [-0.25, -0.2) is 0 Å². The zero-order valence-corrected chi connectivity index (χ0v) is 10.5. The first-order valence-electron chi connectivity index (χ1n) is 5.82. The number of aromatic amines is 1. The van der Waals surface area contributed by atoms with Crippen LogP contribution in [-0.2, 0) is 6.42 Å². The van der Waals surface area contributed by atoms with Crippen LogP contribution in [0.2, 0.25) is 0 Å². The molecule has 4 heteroatoms. The molecule has 0 amide bonds. The molecule has 1 aromatic heterocycles. The van der Waals surface area contributed by atoms with Crippen molar-refractivity contribution in [2.75, 3.05) is 33.4 Å². The van der Waals surface area contributed by atoms with E-state index in [2.05, 4.69) is 24.9 Å². The maximum Gasteiger partial charge on any atom is 0.208 e. The molecule has 16 heavy (non-hydrogen) atoms. The van der Waals surface area contributed by atoms with Gasteiger partial charge >= 0.3 is 0 Å². The van der Waals surface area contributed by atoms with E-state index in [9.17, 15) is 0 Å². The van der Waals surface area contributed by atoms with Crippen molar-refractivity contribution < 1.29 is 10.2 Å². The van der Waals surface area contributed by atoms with E-state index in [0.717, 1.165) is 12.2 Å². The molecule has 1 heterocycles. The first kappa shape index (κ1) is 13.2. The summed E-state index contributed by atoms with van der Waals surface area (Å²) in [6.45, 7) is 5.65. The van der Waals surface area contributed by atoms with Gasteiger partial charge in [0.2, 0.25) is 5.82 Å². The highest BCUT2D eigenvalue weighted by molar-refractivity contribution is 5.45. The first-order valence-corrected chi connectivity index (χ1v) is 5.82. The molecule has 1 rings (SSSR count). The Labute approximate surface area is 97.1 Å². The monoisotopic (exact) mass is 227 g/mol. The second kappa shape index (κ2) is 5.48. The molecule has 0 radical (unpaired) electrons. The molecule has 0 atom stereocenters. The van der Waals surface area contributed by atoms with E-state index >= 15 is 0 Å². The Hall–Kier alpha value is -0.840. The van der Waals surface area contributed by atoms with Gasteiger partial charge in [-0.15, -0.1) is 0 Å². The van der Waals surface area contributed by atoms with E-state index in [1.54, 1.807) is 0 Å². The molecule has 0 bridgehead atoms. The molecule has 0 saturated carbocycles. The quantitative estimate of drug-likeness (QED) is 0.630. The van der Waals surface area contributed by atoms with Crippen LogP contribution in [0, 0.1) is 6.92 Å². The summed E-state index contributed by atoms with van der Waals surface area (Å²) in [5.74, 6) is 1.10. The number of aromatic nitrogens is 1. The Balaban J connectivity index is 3.04. The molecule has 0 aliphatic rings. The molecule has 0 unspecified atom stereocenters. The number of nitrogens with one attached hydrogen (secondary N) is 1. The van der Waals surface area contributed by atoms with E-state index in [0.29, 0.717) is 17.6 Å². The van der Waals surface area contributed by atoms with Crippen molar-refractivity contribution in [1.82, 2.24) is 9.47 Å². The van der Waals surface area contributed by atoms with Crippen molar-refractivity contribution in [1.29, 1.82) is 0 Å². The van der Waals surface area contributed by atoms with Gasteiger partial charge in [-0.3, -0.25) is 4.48 Å². The fraction of sp³-hybridized carbons (Fsp3) is 0.667. The Kier molecular flexibility index (Phi) is 4.53. The van der Waals surface area contributed by atoms with Crippen LogP contribution in [0.4, 0.5) is 5.82 Å². The van der Waals surface area contributed by atoms with Crippen molar-refractivity contribution in [3.8, 4) is 0 Å². The summed E-state index contributed by atoms with van der Waals surface area (Å²) in [4.78, 5) is 3.39. The normalized spacial score (nSPS) is 12.1. The summed E-state index contributed by atoms with van der Waals surface area (Å²) in [6.07, 6.45) is 0.971. The highest BCUT2D eigenvalue weighted by Crippen LogP contribution is 2.25. The van der Waals surface area contributed by atoms with Crippen LogP contribution in [0.25, 0.3) is 0 Å². The van der Waals surface area contributed by atoms with Gasteiger partial charge in [-0.2, -0.15) is 0 Å². The van der Waals surface area contributed by atoms with Crippen LogP contribution >= 0.6 is 0 Å². The van der Waals surface area contributed by atoms with E-state index in [1.807, 2.05) is 7.05 Å². The highest BCUT2D eigenvalue weighted by atomic mass is 16.3. The number of likely N-dealkylation sites (N-methyl/N-ethyl adjacent to an activating group) is 1. The summed E-state index contributed by atoms with van der Waals surface area (Å²) in [6, 6.07) is 2.14. The third-order valence-corrected chi connectivity index (χ3v) is 3.15. The molecule has 0 aliphatic heterocycles. The minimum absolute atomic E-state index is 0.121. The SMILES string of the molecule is CCc1cc(C)c([N+](C)(CCO)CCO)[nH]1. The number of hydrogen-bond acceptors (Lipinski definition) is 2. The fourth-order valence-corrected chi connectivity index (χ4v) is 2.14. The molecule has 0 saturated heterocycles. The average molecular weight is 227 g/mol. The molecule has 4 nitrogen and oxygen atoms in total.